The first-order chi connectivity index (χ1) is 5.10. The normalized spacial score (nSPS) is 9.73. The van der Waals surface area contributed by atoms with Crippen LogP contribution in [0.3, 0.4) is 0 Å². The molecule has 0 aliphatic rings. The van der Waals surface area contributed by atoms with Gasteiger partial charge in [-0.25, -0.2) is 0 Å². The molecule has 0 saturated carbocycles. The second-order valence-corrected chi connectivity index (χ2v) is 1.77. The van der Waals surface area contributed by atoms with Gasteiger partial charge in [-0.2, -0.15) is 0 Å². The average molecular weight is 218 g/mol. The van der Waals surface area contributed by atoms with Crippen molar-refractivity contribution in [2.75, 3.05) is 0 Å². The number of hydrogen-bond donors (Lipinski definition) is 2. The van der Waals surface area contributed by atoms with Crippen molar-refractivity contribution in [3.8, 4) is 0 Å². The zero-order valence-electron chi connectivity index (χ0n) is 5.54. The number of aliphatic hydroxyl groups excluding tert-OH is 1. The molecule has 0 fully saturated rings. The Morgan fingerprint density at radius 2 is 1.36 bits per heavy atom. The van der Waals surface area contributed by atoms with Gasteiger partial charge in [0, 0.05) is 0 Å². The zero-order chi connectivity index (χ0) is 9.70. The molecule has 9 heteroatoms. The molecule has 11 heavy (non-hydrogen) atoms. The van der Waals surface area contributed by atoms with Gasteiger partial charge in [0.05, 0.1) is 0 Å². The topological polar surface area (TPSA) is 121 Å². The van der Waals surface area contributed by atoms with Crippen molar-refractivity contribution in [1.82, 2.24) is 0 Å². The van der Waals surface area contributed by atoms with Crippen LogP contribution in [0.5, 0.6) is 0 Å². The van der Waals surface area contributed by atoms with Crippen molar-refractivity contribution < 1.29 is 29.1 Å². The van der Waals surface area contributed by atoms with E-state index < -0.39 is 23.7 Å². The van der Waals surface area contributed by atoms with Gasteiger partial charge in [-0.15, -0.1) is 0 Å². The summed E-state index contributed by atoms with van der Waals surface area (Å²) < 4.78 is 16.9. The molecule has 66 valence electrons. The molecule has 0 radical (unpaired) electrons. The van der Waals surface area contributed by atoms with E-state index in [2.05, 4.69) is 16.3 Å². The Kier molecular flexibility index (Phi) is 36.3. The minimum absolute atomic E-state index is 0.333. The van der Waals surface area contributed by atoms with Gasteiger partial charge in [-0.05, 0) is 17.4 Å². The van der Waals surface area contributed by atoms with Crippen LogP contribution in [-0.4, -0.2) is 32.8 Å². The van der Waals surface area contributed by atoms with Crippen LogP contribution in [0.1, 0.15) is 0 Å². The van der Waals surface area contributed by atoms with Gasteiger partial charge < -0.3 is 18.9 Å². The summed E-state index contributed by atoms with van der Waals surface area (Å²) in [7, 11) is -3.50. The third kappa shape index (κ3) is 105. The third-order valence-electron chi connectivity index (χ3n) is 0.211. The maximum atomic E-state index is 8.46. The predicted molar refractivity (Wildman–Crippen MR) is 39.6 cm³/mol. The molecule has 2 unspecified atom stereocenters. The van der Waals surface area contributed by atoms with Crippen LogP contribution < -0.4 is 9.79 Å². The van der Waals surface area contributed by atoms with E-state index in [1.54, 1.807) is 0 Å². The second kappa shape index (κ2) is 22.4. The van der Waals surface area contributed by atoms with Gasteiger partial charge in [0.1, 0.15) is 0 Å². The van der Waals surface area contributed by atoms with E-state index in [-0.39, 0.29) is 0 Å². The van der Waals surface area contributed by atoms with Crippen LogP contribution >= 0.6 is 17.4 Å². The molecule has 0 saturated heterocycles. The van der Waals surface area contributed by atoms with Crippen molar-refractivity contribution in [2.45, 2.75) is 11.6 Å². The van der Waals surface area contributed by atoms with E-state index in [0.29, 0.717) is 5.28 Å². The molecule has 0 heterocycles. The zero-order valence-corrected chi connectivity index (χ0v) is 9.01. The van der Waals surface area contributed by atoms with E-state index in [1.807, 2.05) is 0 Å². The summed E-state index contributed by atoms with van der Waals surface area (Å²) in [6, 6.07) is 0. The summed E-state index contributed by atoms with van der Waals surface area (Å²) in [5.41, 5.74) is 0. The van der Waals surface area contributed by atoms with Crippen LogP contribution in [-0.2, 0) is 9.13 Å². The fourth-order valence-electron chi connectivity index (χ4n) is 0. The van der Waals surface area contributed by atoms with Gasteiger partial charge in [0.15, 0.2) is 0 Å². The van der Waals surface area contributed by atoms with Crippen molar-refractivity contribution in [3.05, 3.63) is 0 Å². The molecule has 0 aliphatic carbocycles. The summed E-state index contributed by atoms with van der Waals surface area (Å²) in [5, 5.41) is 16.1. The van der Waals surface area contributed by atoms with E-state index in [1.165, 1.54) is 0 Å². The second-order valence-electron chi connectivity index (χ2n) is 0.909. The van der Waals surface area contributed by atoms with Gasteiger partial charge in [0.2, 0.25) is 0 Å². The van der Waals surface area contributed by atoms with Gasteiger partial charge >= 0.3 is 38.1 Å². The Hall–Kier alpha value is 0.832. The summed E-state index contributed by atoms with van der Waals surface area (Å²) in [6.45, 7) is 0. The van der Waals surface area contributed by atoms with Crippen molar-refractivity contribution in [2.24, 2.45) is 0 Å². The van der Waals surface area contributed by atoms with Crippen molar-refractivity contribution >= 4 is 33.7 Å². The number of rotatable bonds is 1. The minimum atomic E-state index is -1.75. The van der Waals surface area contributed by atoms with Crippen LogP contribution in [0.4, 0.5) is 0 Å². The molecule has 6 nitrogen and oxygen atoms in total. The first kappa shape index (κ1) is 17.8. The molecule has 2 atom stereocenters. The summed E-state index contributed by atoms with van der Waals surface area (Å²) >= 11 is 2.19. The van der Waals surface area contributed by atoms with Crippen molar-refractivity contribution in [3.63, 3.8) is 0 Å². The fraction of sp³-hybridized carbons (Fsp3) is 1.00. The molecule has 0 aromatic heterocycles. The predicted octanol–water partition coefficient (Wildman–Crippen LogP) is -3.08. The van der Waals surface area contributed by atoms with Crippen molar-refractivity contribution in [1.29, 1.82) is 0 Å². The molecule has 2 N–H and O–H groups in total. The molecule has 0 rings (SSSR count). The van der Waals surface area contributed by atoms with Crippen LogP contribution in [0, 0.1) is 0 Å². The SMILES string of the molecule is O=[PH2][O-].O=[PH2][O-].OC(O)[CH2][Al+2]. The van der Waals surface area contributed by atoms with Gasteiger partial charge in [-0.1, -0.05) is 0 Å². The quantitative estimate of drug-likeness (QED) is 0.273. The molecule has 0 spiro atoms. The fourth-order valence-corrected chi connectivity index (χ4v) is 0. The summed E-state index contributed by atoms with van der Waals surface area (Å²) in [5.74, 6) is 0. The number of hydrogen-bond acceptors (Lipinski definition) is 6. The summed E-state index contributed by atoms with van der Waals surface area (Å²) in [6.07, 6.45) is -1.15. The Morgan fingerprint density at radius 1 is 1.27 bits per heavy atom. The van der Waals surface area contributed by atoms with Crippen LogP contribution in [0.2, 0.25) is 5.28 Å². The van der Waals surface area contributed by atoms with E-state index in [9.17, 15) is 0 Å². The van der Waals surface area contributed by atoms with Gasteiger partial charge in [-0.3, -0.25) is 0 Å². The van der Waals surface area contributed by atoms with Crippen LogP contribution in [0.15, 0.2) is 0 Å². The van der Waals surface area contributed by atoms with Crippen LogP contribution in [0.25, 0.3) is 0 Å². The molecule has 0 aromatic rings. The molecule has 0 bridgehead atoms. The van der Waals surface area contributed by atoms with E-state index in [4.69, 9.17) is 29.1 Å². The molecule has 0 aromatic carbocycles. The monoisotopic (exact) mass is 218 g/mol. The first-order valence-corrected chi connectivity index (χ1v) is 4.98. The van der Waals surface area contributed by atoms with E-state index in [0.717, 1.165) is 0 Å². The molecule has 0 aliphatic heterocycles. The molecule has 0 amide bonds. The Labute approximate surface area is 74.9 Å². The maximum absolute atomic E-state index is 8.46. The number of aliphatic hydroxyl groups is 2. The van der Waals surface area contributed by atoms with Gasteiger partial charge in [0.25, 0.3) is 0 Å². The standard InChI is InChI=1S/C2H5O2.Al.2H3O2P/c1-2(3)4;;2*1-3-2/h2-4H,1H2;;2*3H2,(H,1,2)/q;+2;;/p-2. The van der Waals surface area contributed by atoms with E-state index >= 15 is 0 Å². The molecular formula is C2H9AlO6P2. The Balaban J connectivity index is -0.0000000933. The third-order valence-corrected chi connectivity index (χ3v) is 0.632. The average Bonchev–Trinajstić information content (AvgIpc) is 1.91. The summed E-state index contributed by atoms with van der Waals surface area (Å²) in [4.78, 5) is 16.9. The Bertz CT molecular complexity index is 73.0. The Morgan fingerprint density at radius 3 is 1.36 bits per heavy atom. The molecular weight excluding hydrogens is 209 g/mol. The first-order valence-electron chi connectivity index (χ1n) is 2.28.